The van der Waals surface area contributed by atoms with Gasteiger partial charge in [-0.2, -0.15) is 0 Å². The van der Waals surface area contributed by atoms with E-state index in [1.54, 1.807) is 0 Å². The third kappa shape index (κ3) is 9.13. The number of nitrogens with one attached hydrogen (secondary N) is 1. The number of amides is 1. The van der Waals surface area contributed by atoms with Gasteiger partial charge in [0.2, 0.25) is 5.91 Å². The van der Waals surface area contributed by atoms with E-state index in [-0.39, 0.29) is 5.91 Å². The summed E-state index contributed by atoms with van der Waals surface area (Å²) in [6.45, 7) is 11.1. The fraction of sp³-hybridized carbons (Fsp3) is 0.944. The van der Waals surface area contributed by atoms with E-state index in [2.05, 4.69) is 33.0 Å². The van der Waals surface area contributed by atoms with Crippen molar-refractivity contribution in [3.05, 3.63) is 0 Å². The summed E-state index contributed by atoms with van der Waals surface area (Å²) in [5.41, 5.74) is 0.438. The zero-order chi connectivity index (χ0) is 15.7. The first-order valence-electron chi connectivity index (χ1n) is 8.75. The van der Waals surface area contributed by atoms with Gasteiger partial charge in [0.05, 0.1) is 6.61 Å². The van der Waals surface area contributed by atoms with Crippen LogP contribution in [0.3, 0.4) is 0 Å². The van der Waals surface area contributed by atoms with Crippen molar-refractivity contribution in [1.82, 2.24) is 5.32 Å². The molecule has 1 saturated carbocycles. The molecule has 0 spiro atoms. The third-order valence-corrected chi connectivity index (χ3v) is 4.26. The Balaban J connectivity index is 2.10. The Morgan fingerprint density at radius 3 is 2.29 bits per heavy atom. The molecule has 1 amide bonds. The standard InChI is InChI=1S/C18H35NO2/c1-5-11-21-12-10-19-17(20)13-15-6-8-16(9-7-15)14-18(2,3)4/h15-16H,5-14H2,1-4H3,(H,19,20). The van der Waals surface area contributed by atoms with Crippen LogP contribution in [0.1, 0.15) is 72.6 Å². The summed E-state index contributed by atoms with van der Waals surface area (Å²) in [7, 11) is 0. The van der Waals surface area contributed by atoms with E-state index in [0.29, 0.717) is 30.9 Å². The van der Waals surface area contributed by atoms with Crippen molar-refractivity contribution >= 4 is 5.91 Å². The maximum atomic E-state index is 11.9. The van der Waals surface area contributed by atoms with Crippen molar-refractivity contribution in [2.24, 2.45) is 17.3 Å². The van der Waals surface area contributed by atoms with E-state index in [9.17, 15) is 4.79 Å². The molecule has 0 heterocycles. The second-order valence-electron chi connectivity index (χ2n) is 7.82. The minimum absolute atomic E-state index is 0.203. The number of hydrogen-bond donors (Lipinski definition) is 1. The van der Waals surface area contributed by atoms with Crippen LogP contribution >= 0.6 is 0 Å². The zero-order valence-corrected chi connectivity index (χ0v) is 14.5. The first kappa shape index (κ1) is 18.5. The van der Waals surface area contributed by atoms with Crippen molar-refractivity contribution in [2.75, 3.05) is 19.8 Å². The molecule has 0 bridgehead atoms. The van der Waals surface area contributed by atoms with Crippen molar-refractivity contribution in [3.63, 3.8) is 0 Å². The minimum Gasteiger partial charge on any atom is -0.380 e. The lowest BCUT2D eigenvalue weighted by atomic mass is 9.74. The summed E-state index contributed by atoms with van der Waals surface area (Å²) in [4.78, 5) is 11.9. The molecule has 0 aliphatic heterocycles. The van der Waals surface area contributed by atoms with E-state index in [1.165, 1.54) is 32.1 Å². The molecule has 0 atom stereocenters. The summed E-state index contributed by atoms with van der Waals surface area (Å²) < 4.78 is 5.37. The van der Waals surface area contributed by atoms with Crippen molar-refractivity contribution in [2.45, 2.75) is 72.6 Å². The molecule has 124 valence electrons. The molecule has 1 aliphatic carbocycles. The van der Waals surface area contributed by atoms with Gasteiger partial charge < -0.3 is 10.1 Å². The largest absolute Gasteiger partial charge is 0.380 e. The molecule has 1 aliphatic rings. The van der Waals surface area contributed by atoms with Crippen LogP contribution in [0.5, 0.6) is 0 Å². The molecule has 3 nitrogen and oxygen atoms in total. The van der Waals surface area contributed by atoms with E-state index < -0.39 is 0 Å². The molecule has 0 aromatic rings. The van der Waals surface area contributed by atoms with Gasteiger partial charge >= 0.3 is 0 Å². The molecule has 0 unspecified atom stereocenters. The van der Waals surface area contributed by atoms with Crippen LogP contribution in [0, 0.1) is 17.3 Å². The Hall–Kier alpha value is -0.570. The molecule has 0 aromatic carbocycles. The average Bonchev–Trinajstić information content (AvgIpc) is 2.39. The summed E-state index contributed by atoms with van der Waals surface area (Å²) in [5.74, 6) is 1.67. The van der Waals surface area contributed by atoms with Gasteiger partial charge in [0.1, 0.15) is 0 Å². The van der Waals surface area contributed by atoms with Crippen molar-refractivity contribution in [3.8, 4) is 0 Å². The van der Waals surface area contributed by atoms with Crippen molar-refractivity contribution in [1.29, 1.82) is 0 Å². The molecule has 0 saturated heterocycles. The van der Waals surface area contributed by atoms with E-state index in [4.69, 9.17) is 4.74 Å². The molecular weight excluding hydrogens is 262 g/mol. The van der Waals surface area contributed by atoms with Crippen LogP contribution < -0.4 is 5.32 Å². The molecule has 1 rings (SSSR count). The van der Waals surface area contributed by atoms with E-state index >= 15 is 0 Å². The van der Waals surface area contributed by atoms with Gasteiger partial charge in [0, 0.05) is 19.6 Å². The second kappa shape index (κ2) is 9.45. The summed E-state index contributed by atoms with van der Waals surface area (Å²) in [5, 5.41) is 2.97. The summed E-state index contributed by atoms with van der Waals surface area (Å²) >= 11 is 0. The van der Waals surface area contributed by atoms with E-state index in [1.807, 2.05) is 0 Å². The minimum atomic E-state index is 0.203. The Morgan fingerprint density at radius 1 is 1.10 bits per heavy atom. The highest BCUT2D eigenvalue weighted by Crippen LogP contribution is 2.37. The Bertz CT molecular complexity index is 288. The highest BCUT2D eigenvalue weighted by atomic mass is 16.5. The van der Waals surface area contributed by atoms with E-state index in [0.717, 1.165) is 18.9 Å². The first-order valence-corrected chi connectivity index (χ1v) is 8.75. The Labute approximate surface area is 131 Å². The van der Waals surface area contributed by atoms with Gasteiger partial charge in [-0.05, 0) is 42.9 Å². The average molecular weight is 297 g/mol. The van der Waals surface area contributed by atoms with Gasteiger partial charge in [0.25, 0.3) is 0 Å². The number of carbonyl (C=O) groups excluding carboxylic acids is 1. The highest BCUT2D eigenvalue weighted by molar-refractivity contribution is 5.76. The fourth-order valence-electron chi connectivity index (χ4n) is 3.35. The summed E-state index contributed by atoms with van der Waals surface area (Å²) in [6.07, 6.45) is 8.10. The van der Waals surface area contributed by atoms with Gasteiger partial charge in [-0.3, -0.25) is 4.79 Å². The fourth-order valence-corrected chi connectivity index (χ4v) is 3.35. The molecule has 0 radical (unpaired) electrons. The van der Waals surface area contributed by atoms with Crippen molar-refractivity contribution < 1.29 is 9.53 Å². The molecule has 1 fully saturated rings. The molecule has 3 heteroatoms. The smallest absolute Gasteiger partial charge is 0.220 e. The predicted octanol–water partition coefficient (Wildman–Crippen LogP) is 4.16. The van der Waals surface area contributed by atoms with Crippen LogP contribution in [0.2, 0.25) is 0 Å². The van der Waals surface area contributed by atoms with Gasteiger partial charge in [-0.25, -0.2) is 0 Å². The predicted molar refractivity (Wildman–Crippen MR) is 88.3 cm³/mol. The van der Waals surface area contributed by atoms with Gasteiger partial charge in [-0.1, -0.05) is 40.5 Å². The molecule has 0 aromatic heterocycles. The molecule has 21 heavy (non-hydrogen) atoms. The second-order valence-corrected chi connectivity index (χ2v) is 7.82. The number of hydrogen-bond acceptors (Lipinski definition) is 2. The van der Waals surface area contributed by atoms with Crippen LogP contribution in [0.25, 0.3) is 0 Å². The maximum absolute atomic E-state index is 11.9. The first-order chi connectivity index (χ1) is 9.90. The number of carbonyl (C=O) groups is 1. The lowest BCUT2D eigenvalue weighted by Crippen LogP contribution is -2.30. The quantitative estimate of drug-likeness (QED) is 0.683. The zero-order valence-electron chi connectivity index (χ0n) is 14.5. The van der Waals surface area contributed by atoms with Crippen LogP contribution in [-0.4, -0.2) is 25.7 Å². The third-order valence-electron chi connectivity index (χ3n) is 4.26. The highest BCUT2D eigenvalue weighted by Gasteiger charge is 2.26. The van der Waals surface area contributed by atoms with Crippen LogP contribution in [-0.2, 0) is 9.53 Å². The Kier molecular flexibility index (Phi) is 8.31. The Morgan fingerprint density at radius 2 is 1.71 bits per heavy atom. The molecule has 1 N–H and O–H groups in total. The SMILES string of the molecule is CCCOCCNC(=O)CC1CCC(CC(C)(C)C)CC1. The number of rotatable bonds is 8. The van der Waals surface area contributed by atoms with Crippen LogP contribution in [0.4, 0.5) is 0 Å². The van der Waals surface area contributed by atoms with Crippen LogP contribution in [0.15, 0.2) is 0 Å². The monoisotopic (exact) mass is 297 g/mol. The van der Waals surface area contributed by atoms with Gasteiger partial charge in [0.15, 0.2) is 0 Å². The lowest BCUT2D eigenvalue weighted by Gasteiger charge is -2.32. The normalized spacial score (nSPS) is 23.0. The topological polar surface area (TPSA) is 38.3 Å². The summed E-state index contributed by atoms with van der Waals surface area (Å²) in [6, 6.07) is 0. The number of ether oxygens (including phenoxy) is 1. The van der Waals surface area contributed by atoms with Gasteiger partial charge in [-0.15, -0.1) is 0 Å². The molecular formula is C18H35NO2. The maximum Gasteiger partial charge on any atom is 0.220 e. The lowest BCUT2D eigenvalue weighted by molar-refractivity contribution is -0.122.